The molecule has 3 aromatic carbocycles. The van der Waals surface area contributed by atoms with E-state index in [0.29, 0.717) is 43.4 Å². The number of hydrogen-bond acceptors (Lipinski definition) is 4. The van der Waals surface area contributed by atoms with Gasteiger partial charge in [0.2, 0.25) is 0 Å². The average Bonchev–Trinajstić information content (AvgIpc) is 2.78. The van der Waals surface area contributed by atoms with Gasteiger partial charge in [-0.25, -0.2) is 0 Å². The molecule has 0 bridgehead atoms. The molecule has 1 amide bonds. The van der Waals surface area contributed by atoms with E-state index in [9.17, 15) is 4.79 Å². The van der Waals surface area contributed by atoms with Crippen molar-refractivity contribution in [2.75, 3.05) is 31.7 Å². The molecule has 0 unspecified atom stereocenters. The summed E-state index contributed by atoms with van der Waals surface area (Å²) in [5.74, 6) is 1.25. The van der Waals surface area contributed by atoms with Gasteiger partial charge in [0, 0.05) is 30.3 Å². The number of ether oxygens (including phenoxy) is 3. The van der Waals surface area contributed by atoms with Gasteiger partial charge in [0.1, 0.15) is 18.1 Å². The van der Waals surface area contributed by atoms with Crippen LogP contribution in [0.1, 0.15) is 22.8 Å². The number of rotatable bonds is 11. The lowest BCUT2D eigenvalue weighted by atomic mass is 10.1. The van der Waals surface area contributed by atoms with Crippen molar-refractivity contribution in [3.8, 4) is 11.5 Å². The van der Waals surface area contributed by atoms with Crippen LogP contribution in [0.3, 0.4) is 0 Å². The van der Waals surface area contributed by atoms with Crippen molar-refractivity contribution >= 4 is 11.6 Å². The lowest BCUT2D eigenvalue weighted by Crippen LogP contribution is -2.12. The fourth-order valence-corrected chi connectivity index (χ4v) is 2.86. The monoisotopic (exact) mass is 405 g/mol. The number of carbonyl (C=O) groups excluding carboxylic acids is 1. The molecular weight excluding hydrogens is 378 g/mol. The highest BCUT2D eigenvalue weighted by molar-refractivity contribution is 6.04. The Balaban J connectivity index is 1.48. The first-order valence-corrected chi connectivity index (χ1v) is 10.1. The third-order valence-electron chi connectivity index (χ3n) is 4.41. The van der Waals surface area contributed by atoms with E-state index < -0.39 is 0 Å². The minimum atomic E-state index is -0.183. The van der Waals surface area contributed by atoms with Gasteiger partial charge in [0.05, 0.1) is 13.2 Å². The molecule has 0 saturated heterocycles. The summed E-state index contributed by atoms with van der Waals surface area (Å²) in [6, 6.07) is 24.7. The number of hydrogen-bond donors (Lipinski definition) is 1. The van der Waals surface area contributed by atoms with E-state index in [1.807, 2.05) is 55.5 Å². The molecule has 0 atom stereocenters. The highest BCUT2D eigenvalue weighted by Crippen LogP contribution is 2.19. The van der Waals surface area contributed by atoms with E-state index in [2.05, 4.69) is 17.4 Å². The van der Waals surface area contributed by atoms with Gasteiger partial charge in [0.15, 0.2) is 0 Å². The van der Waals surface area contributed by atoms with Crippen molar-refractivity contribution in [3.05, 3.63) is 90.0 Å². The number of carbonyl (C=O) groups is 1. The van der Waals surface area contributed by atoms with Crippen LogP contribution in [0.15, 0.2) is 78.9 Å². The second kappa shape index (κ2) is 11.6. The van der Waals surface area contributed by atoms with Crippen LogP contribution in [0, 0.1) is 0 Å². The van der Waals surface area contributed by atoms with Crippen LogP contribution in [-0.4, -0.2) is 32.3 Å². The van der Waals surface area contributed by atoms with Crippen molar-refractivity contribution in [1.82, 2.24) is 0 Å². The summed E-state index contributed by atoms with van der Waals surface area (Å²) in [4.78, 5) is 12.5. The van der Waals surface area contributed by atoms with E-state index in [4.69, 9.17) is 14.2 Å². The SMILES string of the molecule is CCOCCOc1cccc(NC(=O)c2ccc(OCCc3ccccc3)cc2)c1. The standard InChI is InChI=1S/C25H27NO4/c1-2-28-17-18-30-24-10-6-9-22(19-24)26-25(27)21-11-13-23(14-12-21)29-16-15-20-7-4-3-5-8-20/h3-14,19H,2,15-18H2,1H3,(H,26,27). The Kier molecular flexibility index (Phi) is 8.30. The molecule has 0 aliphatic rings. The molecule has 0 saturated carbocycles. The normalized spacial score (nSPS) is 10.4. The predicted octanol–water partition coefficient (Wildman–Crippen LogP) is 4.98. The number of amides is 1. The van der Waals surface area contributed by atoms with Gasteiger partial charge in [-0.15, -0.1) is 0 Å². The molecule has 5 nitrogen and oxygen atoms in total. The molecule has 156 valence electrons. The second-order valence-corrected chi connectivity index (χ2v) is 6.64. The van der Waals surface area contributed by atoms with Crippen LogP contribution in [-0.2, 0) is 11.2 Å². The van der Waals surface area contributed by atoms with Crippen LogP contribution in [0.5, 0.6) is 11.5 Å². The van der Waals surface area contributed by atoms with Crippen LogP contribution in [0.4, 0.5) is 5.69 Å². The average molecular weight is 405 g/mol. The van der Waals surface area contributed by atoms with E-state index in [1.165, 1.54) is 5.56 Å². The number of benzene rings is 3. The lowest BCUT2D eigenvalue weighted by Gasteiger charge is -2.10. The summed E-state index contributed by atoms with van der Waals surface area (Å²) in [5.41, 5.74) is 2.47. The second-order valence-electron chi connectivity index (χ2n) is 6.64. The Morgan fingerprint density at radius 1 is 0.800 bits per heavy atom. The van der Waals surface area contributed by atoms with Crippen molar-refractivity contribution in [1.29, 1.82) is 0 Å². The molecule has 1 N–H and O–H groups in total. The zero-order valence-electron chi connectivity index (χ0n) is 17.2. The van der Waals surface area contributed by atoms with Crippen molar-refractivity contribution in [2.45, 2.75) is 13.3 Å². The molecule has 30 heavy (non-hydrogen) atoms. The Hall–Kier alpha value is -3.31. The minimum absolute atomic E-state index is 0.183. The van der Waals surface area contributed by atoms with Crippen LogP contribution >= 0.6 is 0 Å². The van der Waals surface area contributed by atoms with Gasteiger partial charge in [-0.05, 0) is 48.9 Å². The van der Waals surface area contributed by atoms with Crippen LogP contribution in [0.25, 0.3) is 0 Å². The summed E-state index contributed by atoms with van der Waals surface area (Å²) < 4.78 is 16.7. The molecule has 0 radical (unpaired) electrons. The first-order valence-electron chi connectivity index (χ1n) is 10.1. The first-order chi connectivity index (χ1) is 14.7. The molecule has 3 rings (SSSR count). The Morgan fingerprint density at radius 2 is 1.57 bits per heavy atom. The summed E-state index contributed by atoms with van der Waals surface area (Å²) in [7, 11) is 0. The Labute approximate surface area is 177 Å². The van der Waals surface area contributed by atoms with E-state index >= 15 is 0 Å². The summed E-state index contributed by atoms with van der Waals surface area (Å²) in [6.07, 6.45) is 0.839. The smallest absolute Gasteiger partial charge is 0.255 e. The Morgan fingerprint density at radius 3 is 2.33 bits per heavy atom. The maximum absolute atomic E-state index is 12.5. The highest BCUT2D eigenvalue weighted by Gasteiger charge is 2.07. The molecular formula is C25H27NO4. The van der Waals surface area contributed by atoms with Crippen LogP contribution < -0.4 is 14.8 Å². The van der Waals surface area contributed by atoms with Gasteiger partial charge >= 0.3 is 0 Å². The molecule has 0 aromatic heterocycles. The van der Waals surface area contributed by atoms with Gasteiger partial charge in [-0.3, -0.25) is 4.79 Å². The van der Waals surface area contributed by atoms with Crippen molar-refractivity contribution in [3.63, 3.8) is 0 Å². The molecule has 0 spiro atoms. The highest BCUT2D eigenvalue weighted by atomic mass is 16.5. The lowest BCUT2D eigenvalue weighted by molar-refractivity contribution is 0.102. The van der Waals surface area contributed by atoms with Crippen molar-refractivity contribution < 1.29 is 19.0 Å². The maximum atomic E-state index is 12.5. The zero-order chi connectivity index (χ0) is 21.0. The minimum Gasteiger partial charge on any atom is -0.493 e. The zero-order valence-corrected chi connectivity index (χ0v) is 17.2. The van der Waals surface area contributed by atoms with Gasteiger partial charge < -0.3 is 19.5 Å². The third-order valence-corrected chi connectivity index (χ3v) is 4.41. The molecule has 3 aromatic rings. The molecule has 0 fully saturated rings. The summed E-state index contributed by atoms with van der Waals surface area (Å²) >= 11 is 0. The maximum Gasteiger partial charge on any atom is 0.255 e. The molecule has 0 aliphatic heterocycles. The molecule has 0 aliphatic carbocycles. The Bertz CT molecular complexity index is 910. The summed E-state index contributed by atoms with van der Waals surface area (Å²) in [5, 5.41) is 2.89. The van der Waals surface area contributed by atoms with E-state index in [0.717, 1.165) is 12.2 Å². The van der Waals surface area contributed by atoms with Crippen molar-refractivity contribution in [2.24, 2.45) is 0 Å². The third kappa shape index (κ3) is 6.94. The molecule has 0 heterocycles. The van der Waals surface area contributed by atoms with Crippen LogP contribution in [0.2, 0.25) is 0 Å². The van der Waals surface area contributed by atoms with E-state index in [-0.39, 0.29) is 5.91 Å². The number of nitrogens with one attached hydrogen (secondary N) is 1. The first kappa shape index (κ1) is 21.4. The van der Waals surface area contributed by atoms with Gasteiger partial charge in [-0.2, -0.15) is 0 Å². The topological polar surface area (TPSA) is 56.8 Å². The summed E-state index contributed by atoms with van der Waals surface area (Å²) in [6.45, 7) is 4.20. The van der Waals surface area contributed by atoms with E-state index in [1.54, 1.807) is 18.2 Å². The van der Waals surface area contributed by atoms with Gasteiger partial charge in [-0.1, -0.05) is 36.4 Å². The fourth-order valence-electron chi connectivity index (χ4n) is 2.86. The predicted molar refractivity (Wildman–Crippen MR) is 118 cm³/mol. The largest absolute Gasteiger partial charge is 0.493 e. The molecule has 5 heteroatoms. The quantitative estimate of drug-likeness (QED) is 0.457. The number of anilines is 1. The fraction of sp³-hybridized carbons (Fsp3) is 0.240. The van der Waals surface area contributed by atoms with Gasteiger partial charge in [0.25, 0.3) is 5.91 Å².